The average molecular weight is 1070 g/mol. The lowest BCUT2D eigenvalue weighted by molar-refractivity contribution is -0.272. The summed E-state index contributed by atoms with van der Waals surface area (Å²) in [6.45, 7) is 21.3. The molecule has 0 saturated carbocycles. The van der Waals surface area contributed by atoms with Crippen molar-refractivity contribution in [3.05, 3.63) is 0 Å². The molecule has 1 aliphatic rings. The highest BCUT2D eigenvalue weighted by atomic mass is 28.3. The molecule has 0 spiro atoms. The summed E-state index contributed by atoms with van der Waals surface area (Å²) >= 11 is 0. The quantitative estimate of drug-likeness (QED) is 0.0236. The molecule has 3 N–H and O–H groups in total. The molecule has 1 heterocycles. The molecule has 1 aliphatic heterocycles. The summed E-state index contributed by atoms with van der Waals surface area (Å²) in [7, 11) is -2.79. The molecule has 0 bridgehead atoms. The Hall–Kier alpha value is -0.866. The SMILES string of the molecule is CCCCCCCCCCCCCCCCC(CCCCCCCCCCC)CC(=O)O[C@H]1[C@H](O)[C@@H](CO)O[C@@H](OCC[Si](C)(C)C)[C@@H]1NC(=O)C[C@@H](CCCCCCCCCCC)OCOCC[Si](C)(C)C. The van der Waals surface area contributed by atoms with Gasteiger partial charge in [0, 0.05) is 35.8 Å². The Labute approximate surface area is 453 Å². The summed E-state index contributed by atoms with van der Waals surface area (Å²) in [6.07, 6.45) is 38.7. The van der Waals surface area contributed by atoms with E-state index in [0.717, 1.165) is 57.0 Å². The largest absolute Gasteiger partial charge is 0.457 e. The number of unbranched alkanes of at least 4 members (excludes halogenated alkanes) is 29. The molecule has 1 unspecified atom stereocenters. The molecule has 0 aromatic rings. The van der Waals surface area contributed by atoms with Gasteiger partial charge in [-0.3, -0.25) is 9.59 Å². The zero-order valence-corrected chi connectivity index (χ0v) is 51.7. The van der Waals surface area contributed by atoms with Crippen LogP contribution >= 0.6 is 0 Å². The first kappa shape index (κ1) is 70.1. The molecule has 73 heavy (non-hydrogen) atoms. The van der Waals surface area contributed by atoms with Crippen molar-refractivity contribution in [3.8, 4) is 0 Å². The second-order valence-electron chi connectivity index (χ2n) is 25.0. The van der Waals surface area contributed by atoms with Gasteiger partial charge in [0.05, 0.1) is 19.1 Å². The van der Waals surface area contributed by atoms with Crippen LogP contribution in [0, 0.1) is 5.92 Å². The van der Waals surface area contributed by atoms with Gasteiger partial charge in [0.2, 0.25) is 5.91 Å². The van der Waals surface area contributed by atoms with Crippen LogP contribution in [0.25, 0.3) is 0 Å². The van der Waals surface area contributed by atoms with Crippen LogP contribution in [-0.4, -0.2) is 102 Å². The summed E-state index contributed by atoms with van der Waals surface area (Å²) in [5.74, 6) is -0.480. The van der Waals surface area contributed by atoms with E-state index in [1.54, 1.807) is 0 Å². The number of ether oxygens (including phenoxy) is 5. The smallest absolute Gasteiger partial charge is 0.306 e. The van der Waals surface area contributed by atoms with E-state index in [1.165, 1.54) is 180 Å². The molecule has 12 heteroatoms. The van der Waals surface area contributed by atoms with Gasteiger partial charge in [-0.2, -0.15) is 0 Å². The highest BCUT2D eigenvalue weighted by Crippen LogP contribution is 2.29. The number of rotatable bonds is 52. The second kappa shape index (κ2) is 46.1. The van der Waals surface area contributed by atoms with E-state index in [9.17, 15) is 19.8 Å². The zero-order chi connectivity index (χ0) is 53.8. The molecule has 0 radical (unpaired) electrons. The molecule has 1 saturated heterocycles. The molecule has 0 aromatic heterocycles. The summed E-state index contributed by atoms with van der Waals surface area (Å²) in [6, 6.07) is 0.923. The van der Waals surface area contributed by atoms with Gasteiger partial charge in [-0.1, -0.05) is 266 Å². The lowest BCUT2D eigenvalue weighted by Gasteiger charge is -2.44. The monoisotopic (exact) mass is 1070 g/mol. The minimum Gasteiger partial charge on any atom is -0.457 e. The highest BCUT2D eigenvalue weighted by molar-refractivity contribution is 6.76. The molecule has 1 amide bonds. The van der Waals surface area contributed by atoms with Crippen molar-refractivity contribution in [2.45, 2.75) is 346 Å². The lowest BCUT2D eigenvalue weighted by Crippen LogP contribution is -2.66. The number of esters is 1. The van der Waals surface area contributed by atoms with Crippen LogP contribution < -0.4 is 5.32 Å². The van der Waals surface area contributed by atoms with Crippen LogP contribution in [0.15, 0.2) is 0 Å². The summed E-state index contributed by atoms with van der Waals surface area (Å²) in [5, 5.41) is 25.3. The van der Waals surface area contributed by atoms with Crippen molar-refractivity contribution in [1.29, 1.82) is 0 Å². The Balaban J connectivity index is 3.12. The van der Waals surface area contributed by atoms with Crippen molar-refractivity contribution >= 4 is 28.0 Å². The van der Waals surface area contributed by atoms with E-state index < -0.39 is 53.4 Å². The molecule has 10 nitrogen and oxygen atoms in total. The van der Waals surface area contributed by atoms with Crippen molar-refractivity contribution in [2.75, 3.05) is 26.6 Å². The van der Waals surface area contributed by atoms with Crippen LogP contribution in [0.2, 0.25) is 51.4 Å². The number of carbonyl (C=O) groups excluding carboxylic acids is 2. The summed E-state index contributed by atoms with van der Waals surface area (Å²) in [5.41, 5.74) is 0. The van der Waals surface area contributed by atoms with Gasteiger partial charge in [0.25, 0.3) is 0 Å². The van der Waals surface area contributed by atoms with Gasteiger partial charge in [-0.05, 0) is 37.3 Å². The topological polar surface area (TPSA) is 133 Å². The first-order valence-corrected chi connectivity index (χ1v) is 38.8. The Morgan fingerprint density at radius 2 is 0.945 bits per heavy atom. The number of hydrogen-bond acceptors (Lipinski definition) is 9. The van der Waals surface area contributed by atoms with Crippen LogP contribution in [0.1, 0.15) is 258 Å². The zero-order valence-electron chi connectivity index (χ0n) is 49.7. The fourth-order valence-corrected chi connectivity index (χ4v) is 11.6. The standard InChI is InChI=1S/C61H123NO9Si2/c1-10-13-16-19-22-25-26-27-28-29-32-34-37-40-43-53(42-39-36-33-30-23-20-17-14-11-2)49-57(65)71-60-58(61(68-46-48-73(7,8)9)70-55(51-63)59(60)66)62-56(64)50-54(69-52-67-45-47-72(4,5)6)44-41-38-35-31-24-21-18-15-12-3/h53-55,58-61,63,66H,10-52H2,1-9H3,(H,62,64)/t53?,54-,55-,58-,59-,60-,61-/m1/s1. The van der Waals surface area contributed by atoms with Crippen molar-refractivity contribution in [2.24, 2.45) is 5.92 Å². The first-order chi connectivity index (χ1) is 35.1. The van der Waals surface area contributed by atoms with Crippen molar-refractivity contribution in [3.63, 3.8) is 0 Å². The predicted molar refractivity (Wildman–Crippen MR) is 313 cm³/mol. The number of carbonyl (C=O) groups is 2. The fraction of sp³-hybridized carbons (Fsp3) is 0.967. The highest BCUT2D eigenvalue weighted by Gasteiger charge is 2.49. The number of amides is 1. The summed E-state index contributed by atoms with van der Waals surface area (Å²) in [4.78, 5) is 28.4. The van der Waals surface area contributed by atoms with Gasteiger partial charge in [-0.25, -0.2) is 0 Å². The van der Waals surface area contributed by atoms with E-state index in [-0.39, 0.29) is 43.5 Å². The third-order valence-electron chi connectivity index (χ3n) is 15.1. The third kappa shape index (κ3) is 40.9. The number of aliphatic hydroxyl groups excluding tert-OH is 2. The molecular formula is C61H123NO9Si2. The van der Waals surface area contributed by atoms with Crippen LogP contribution in [0.5, 0.6) is 0 Å². The van der Waals surface area contributed by atoms with Crippen LogP contribution in [0.3, 0.4) is 0 Å². The average Bonchev–Trinajstić information content (AvgIpc) is 3.33. The number of hydrogen-bond donors (Lipinski definition) is 3. The van der Waals surface area contributed by atoms with E-state index in [1.807, 2.05) is 0 Å². The Kier molecular flexibility index (Phi) is 44.3. The first-order valence-electron chi connectivity index (χ1n) is 31.4. The minimum atomic E-state index is -1.51. The maximum Gasteiger partial charge on any atom is 0.306 e. The Bertz CT molecular complexity index is 1260. The maximum absolute atomic E-state index is 14.2. The normalized spacial score (nSPS) is 19.3. The van der Waals surface area contributed by atoms with Crippen molar-refractivity contribution < 1.29 is 43.5 Å². The summed E-state index contributed by atoms with van der Waals surface area (Å²) < 4.78 is 31.1. The van der Waals surface area contributed by atoms with E-state index >= 15 is 0 Å². The molecule has 0 aromatic carbocycles. The van der Waals surface area contributed by atoms with Crippen LogP contribution in [-0.2, 0) is 33.3 Å². The Morgan fingerprint density at radius 1 is 0.548 bits per heavy atom. The molecule has 0 aliphatic carbocycles. The molecule has 434 valence electrons. The fourth-order valence-electron chi connectivity index (χ4n) is 10.1. The Morgan fingerprint density at radius 3 is 1.36 bits per heavy atom. The van der Waals surface area contributed by atoms with Gasteiger partial charge in [-0.15, -0.1) is 0 Å². The molecule has 7 atom stereocenters. The lowest BCUT2D eigenvalue weighted by atomic mass is 9.91. The van der Waals surface area contributed by atoms with Gasteiger partial charge < -0.3 is 39.2 Å². The predicted octanol–water partition coefficient (Wildman–Crippen LogP) is 16.6. The van der Waals surface area contributed by atoms with Crippen LogP contribution in [0.4, 0.5) is 0 Å². The third-order valence-corrected chi connectivity index (χ3v) is 18.6. The number of nitrogens with one attached hydrogen (secondary N) is 1. The number of aliphatic hydroxyl groups is 2. The molecular weight excluding hydrogens is 947 g/mol. The van der Waals surface area contributed by atoms with E-state index in [4.69, 9.17) is 23.7 Å². The van der Waals surface area contributed by atoms with Gasteiger partial charge in [0.15, 0.2) is 12.4 Å². The van der Waals surface area contributed by atoms with E-state index in [0.29, 0.717) is 13.2 Å². The minimum absolute atomic E-state index is 0.0900. The second-order valence-corrected chi connectivity index (χ2v) is 36.2. The van der Waals surface area contributed by atoms with Gasteiger partial charge >= 0.3 is 5.97 Å². The van der Waals surface area contributed by atoms with E-state index in [2.05, 4.69) is 65.4 Å². The molecule has 1 fully saturated rings. The van der Waals surface area contributed by atoms with Gasteiger partial charge in [0.1, 0.15) is 25.0 Å². The maximum atomic E-state index is 14.2. The van der Waals surface area contributed by atoms with Crippen molar-refractivity contribution in [1.82, 2.24) is 5.32 Å². The molecule has 1 rings (SSSR count).